The lowest BCUT2D eigenvalue weighted by atomic mass is 10.5. The molecule has 0 aliphatic rings. The summed E-state index contributed by atoms with van der Waals surface area (Å²) in [7, 11) is 1.50. The Morgan fingerprint density at radius 1 is 1.69 bits per heavy atom. The topological polar surface area (TPSA) is 69.2 Å². The highest BCUT2D eigenvalue weighted by atomic mass is 127. The van der Waals surface area contributed by atoms with Crippen LogP contribution in [0.25, 0.3) is 0 Å². The van der Waals surface area contributed by atoms with Crippen molar-refractivity contribution >= 4 is 51.3 Å². The molecule has 0 radical (unpaired) electrons. The van der Waals surface area contributed by atoms with E-state index in [9.17, 15) is 4.79 Å². The Morgan fingerprint density at radius 3 is 2.69 bits per heavy atom. The van der Waals surface area contributed by atoms with Gasteiger partial charge in [0.1, 0.15) is 13.2 Å². The molecule has 0 atom stereocenters. The zero-order valence-corrected chi connectivity index (χ0v) is 11.0. The normalized spacial score (nSPS) is 10.1. The van der Waals surface area contributed by atoms with Gasteiger partial charge in [0.2, 0.25) is 0 Å². The molecular formula is C6H7I2N3O2. The highest BCUT2D eigenvalue weighted by molar-refractivity contribution is 14.1. The van der Waals surface area contributed by atoms with Crippen LogP contribution >= 0.6 is 45.2 Å². The van der Waals surface area contributed by atoms with E-state index in [0.717, 1.165) is 7.40 Å². The predicted molar refractivity (Wildman–Crippen MR) is 63.5 cm³/mol. The first-order valence-corrected chi connectivity index (χ1v) is 5.50. The monoisotopic (exact) mass is 407 g/mol. The fourth-order valence-electron chi connectivity index (χ4n) is 0.741. The first kappa shape index (κ1) is 11.0. The lowest BCUT2D eigenvalue weighted by Crippen LogP contribution is -2.24. The molecule has 0 spiro atoms. The summed E-state index contributed by atoms with van der Waals surface area (Å²) in [5, 5.41) is 8.60. The fraction of sp³-hybridized carbons (Fsp3) is 0.333. The van der Waals surface area contributed by atoms with E-state index in [4.69, 9.17) is 5.11 Å². The van der Waals surface area contributed by atoms with E-state index in [1.165, 1.54) is 11.9 Å². The number of halogens is 2. The molecule has 0 fully saturated rings. The van der Waals surface area contributed by atoms with Crippen molar-refractivity contribution in [1.82, 2.24) is 14.9 Å². The van der Waals surface area contributed by atoms with E-state index in [-0.39, 0.29) is 6.54 Å². The van der Waals surface area contributed by atoms with Gasteiger partial charge >= 0.3 is 6.09 Å². The number of nitrogens with zero attached hydrogens (tertiary/aromatic N) is 2. The molecule has 1 aromatic heterocycles. The second kappa shape index (κ2) is 4.44. The first-order chi connectivity index (χ1) is 6.00. The Morgan fingerprint density at radius 2 is 2.31 bits per heavy atom. The van der Waals surface area contributed by atoms with Gasteiger partial charge < -0.3 is 15.0 Å². The summed E-state index contributed by atoms with van der Waals surface area (Å²) in [6, 6.07) is 0. The van der Waals surface area contributed by atoms with Gasteiger partial charge in [-0.2, -0.15) is 0 Å². The van der Waals surface area contributed by atoms with Crippen LogP contribution < -0.4 is 0 Å². The van der Waals surface area contributed by atoms with Crippen LogP contribution in [0.2, 0.25) is 0 Å². The minimum Gasteiger partial charge on any atom is -0.465 e. The van der Waals surface area contributed by atoms with Gasteiger partial charge in [0.15, 0.2) is 0 Å². The van der Waals surface area contributed by atoms with Gasteiger partial charge in [-0.05, 0) is 45.2 Å². The third-order valence-electron chi connectivity index (χ3n) is 1.38. The largest absolute Gasteiger partial charge is 0.465 e. The molecule has 0 unspecified atom stereocenters. The molecule has 0 aliphatic heterocycles. The zero-order valence-electron chi connectivity index (χ0n) is 6.71. The summed E-state index contributed by atoms with van der Waals surface area (Å²) in [6.07, 6.45) is -0.957. The van der Waals surface area contributed by atoms with Crippen molar-refractivity contribution in [3.05, 3.63) is 13.2 Å². The third-order valence-corrected chi connectivity index (χ3v) is 3.97. The Labute approximate surface area is 102 Å². The number of rotatable bonds is 2. The molecule has 0 bridgehead atoms. The average molecular weight is 407 g/mol. The Bertz CT molecular complexity index is 306. The second-order valence-corrected chi connectivity index (χ2v) is 4.53. The summed E-state index contributed by atoms with van der Waals surface area (Å²) < 4.78 is 1.80. The van der Waals surface area contributed by atoms with Crippen LogP contribution in [0.3, 0.4) is 0 Å². The zero-order chi connectivity index (χ0) is 10.0. The molecule has 1 aromatic rings. The van der Waals surface area contributed by atoms with Crippen LogP contribution in [0.15, 0.2) is 0 Å². The maximum Gasteiger partial charge on any atom is 0.407 e. The van der Waals surface area contributed by atoms with Gasteiger partial charge in [-0.25, -0.2) is 9.78 Å². The van der Waals surface area contributed by atoms with Gasteiger partial charge in [-0.3, -0.25) is 0 Å². The van der Waals surface area contributed by atoms with Crippen molar-refractivity contribution in [2.75, 3.05) is 7.05 Å². The van der Waals surface area contributed by atoms with E-state index in [1.54, 1.807) is 0 Å². The van der Waals surface area contributed by atoms with Crippen LogP contribution in [-0.2, 0) is 6.54 Å². The Hall–Kier alpha value is -0.0600. The summed E-state index contributed by atoms with van der Waals surface area (Å²) in [5.74, 6) is 0.665. The summed E-state index contributed by atoms with van der Waals surface area (Å²) >= 11 is 4.21. The molecule has 0 aromatic carbocycles. The molecule has 13 heavy (non-hydrogen) atoms. The number of nitrogens with one attached hydrogen (secondary N) is 1. The van der Waals surface area contributed by atoms with E-state index in [0.29, 0.717) is 5.82 Å². The summed E-state index contributed by atoms with van der Waals surface area (Å²) in [5.41, 5.74) is 0. The number of aromatic amines is 1. The number of aromatic nitrogens is 2. The lowest BCUT2D eigenvalue weighted by Gasteiger charge is -2.09. The molecule has 72 valence electrons. The highest BCUT2D eigenvalue weighted by Gasteiger charge is 2.10. The number of carbonyl (C=O) groups is 1. The fourth-order valence-corrected chi connectivity index (χ4v) is 1.60. The summed E-state index contributed by atoms with van der Waals surface area (Å²) in [4.78, 5) is 18.8. The molecule has 1 rings (SSSR count). The highest BCUT2D eigenvalue weighted by Crippen LogP contribution is 2.12. The van der Waals surface area contributed by atoms with Gasteiger partial charge in [0.05, 0.1) is 6.54 Å². The smallest absolute Gasteiger partial charge is 0.407 e. The number of carboxylic acid groups (broad SMARTS) is 1. The van der Waals surface area contributed by atoms with Crippen LogP contribution in [0.1, 0.15) is 5.82 Å². The third kappa shape index (κ3) is 2.97. The molecule has 1 amide bonds. The second-order valence-electron chi connectivity index (χ2n) is 2.43. The SMILES string of the molecule is CN(Cc1nc(I)c(I)[nH]1)C(=O)O. The number of amides is 1. The van der Waals surface area contributed by atoms with E-state index in [1.807, 2.05) is 0 Å². The number of imidazole rings is 1. The quantitative estimate of drug-likeness (QED) is 0.735. The molecule has 0 saturated heterocycles. The number of hydrogen-bond acceptors (Lipinski definition) is 2. The molecule has 1 heterocycles. The van der Waals surface area contributed by atoms with Crippen LogP contribution in [0, 0.1) is 7.40 Å². The summed E-state index contributed by atoms with van der Waals surface area (Å²) in [6.45, 7) is 0.286. The molecule has 0 saturated carbocycles. The van der Waals surface area contributed by atoms with Gasteiger partial charge in [0.25, 0.3) is 0 Å². The molecule has 7 heteroatoms. The molecule has 5 nitrogen and oxygen atoms in total. The van der Waals surface area contributed by atoms with Gasteiger partial charge in [0, 0.05) is 7.05 Å². The number of H-pyrrole nitrogens is 1. The maximum atomic E-state index is 10.5. The van der Waals surface area contributed by atoms with Crippen LogP contribution in [0.4, 0.5) is 4.79 Å². The van der Waals surface area contributed by atoms with Gasteiger partial charge in [-0.1, -0.05) is 0 Å². The Balaban J connectivity index is 2.69. The van der Waals surface area contributed by atoms with Crippen LogP contribution in [0.5, 0.6) is 0 Å². The van der Waals surface area contributed by atoms with Crippen molar-refractivity contribution in [3.63, 3.8) is 0 Å². The Kier molecular flexibility index (Phi) is 3.76. The first-order valence-electron chi connectivity index (χ1n) is 3.34. The van der Waals surface area contributed by atoms with Gasteiger partial charge in [-0.15, -0.1) is 0 Å². The van der Waals surface area contributed by atoms with Crippen molar-refractivity contribution in [1.29, 1.82) is 0 Å². The van der Waals surface area contributed by atoms with Crippen molar-refractivity contribution in [3.8, 4) is 0 Å². The van der Waals surface area contributed by atoms with Crippen LogP contribution in [-0.4, -0.2) is 33.1 Å². The average Bonchev–Trinajstić information content (AvgIpc) is 2.31. The minimum atomic E-state index is -0.957. The lowest BCUT2D eigenvalue weighted by molar-refractivity contribution is 0.153. The van der Waals surface area contributed by atoms with E-state index >= 15 is 0 Å². The standard InChI is InChI=1S/C6H7I2N3O2/c1-11(6(12)13)2-3-9-4(7)5(8)10-3/h2H2,1H3,(H,9,10)(H,12,13). The number of hydrogen-bond donors (Lipinski definition) is 2. The van der Waals surface area contributed by atoms with Crippen molar-refractivity contribution < 1.29 is 9.90 Å². The predicted octanol–water partition coefficient (Wildman–Crippen LogP) is 1.73. The van der Waals surface area contributed by atoms with Crippen molar-refractivity contribution in [2.24, 2.45) is 0 Å². The minimum absolute atomic E-state index is 0.286. The van der Waals surface area contributed by atoms with E-state index < -0.39 is 6.09 Å². The van der Waals surface area contributed by atoms with E-state index in [2.05, 4.69) is 55.1 Å². The molecule has 0 aliphatic carbocycles. The molecular weight excluding hydrogens is 400 g/mol. The van der Waals surface area contributed by atoms with Crippen molar-refractivity contribution in [2.45, 2.75) is 6.54 Å². The maximum absolute atomic E-state index is 10.5. The molecule has 2 N–H and O–H groups in total.